The van der Waals surface area contributed by atoms with Crippen molar-refractivity contribution in [2.75, 3.05) is 37.5 Å². The van der Waals surface area contributed by atoms with Crippen LogP contribution in [0.25, 0.3) is 0 Å². The van der Waals surface area contributed by atoms with Crippen LogP contribution in [0.15, 0.2) is 42.5 Å². The Morgan fingerprint density at radius 2 is 1.73 bits per heavy atom. The van der Waals surface area contributed by atoms with E-state index in [0.717, 1.165) is 5.69 Å². The Kier molecular flexibility index (Phi) is 7.12. The Bertz CT molecular complexity index is 780. The molecule has 0 aromatic heterocycles. The second-order valence-corrected chi connectivity index (χ2v) is 6.47. The monoisotopic (exact) mass is 395 g/mol. The number of anilines is 2. The van der Waals surface area contributed by atoms with Gasteiger partial charge in [0, 0.05) is 36.6 Å². The van der Waals surface area contributed by atoms with Crippen molar-refractivity contribution in [2.45, 2.75) is 0 Å². The molecule has 138 valence electrons. The molecule has 2 rings (SSSR count). The number of hydrogen-bond donors (Lipinski definition) is 2. The largest absolute Gasteiger partial charge is 0.482 e. The molecule has 6 nitrogen and oxygen atoms in total. The van der Waals surface area contributed by atoms with Gasteiger partial charge in [0.15, 0.2) is 6.61 Å². The number of benzene rings is 2. The van der Waals surface area contributed by atoms with Gasteiger partial charge in [-0.05, 0) is 36.4 Å². The van der Waals surface area contributed by atoms with Crippen molar-refractivity contribution in [3.63, 3.8) is 0 Å². The van der Waals surface area contributed by atoms with Crippen molar-refractivity contribution in [3.8, 4) is 5.75 Å². The molecule has 0 aliphatic heterocycles. The topological polar surface area (TPSA) is 70.7 Å². The maximum atomic E-state index is 11.9. The molecule has 0 heterocycles. The first-order valence-electron chi connectivity index (χ1n) is 7.77. The molecule has 0 spiro atoms. The van der Waals surface area contributed by atoms with Gasteiger partial charge in [0.2, 0.25) is 5.91 Å². The van der Waals surface area contributed by atoms with Crippen LogP contribution in [0.5, 0.6) is 5.75 Å². The van der Waals surface area contributed by atoms with Gasteiger partial charge in [-0.2, -0.15) is 0 Å². The molecule has 2 aromatic rings. The summed E-state index contributed by atoms with van der Waals surface area (Å²) in [5.41, 5.74) is 1.67. The van der Waals surface area contributed by atoms with E-state index in [1.54, 1.807) is 24.3 Å². The Hall–Kier alpha value is -2.44. The third-order valence-corrected chi connectivity index (χ3v) is 3.91. The molecule has 8 heteroatoms. The van der Waals surface area contributed by atoms with Crippen LogP contribution in [0.3, 0.4) is 0 Å². The van der Waals surface area contributed by atoms with E-state index >= 15 is 0 Å². The predicted molar refractivity (Wildman–Crippen MR) is 104 cm³/mol. The van der Waals surface area contributed by atoms with Crippen molar-refractivity contribution in [1.82, 2.24) is 5.32 Å². The van der Waals surface area contributed by atoms with Crippen LogP contribution >= 0.6 is 23.2 Å². The van der Waals surface area contributed by atoms with Crippen LogP contribution in [-0.4, -0.2) is 39.1 Å². The zero-order valence-corrected chi connectivity index (χ0v) is 15.9. The van der Waals surface area contributed by atoms with E-state index in [-0.39, 0.29) is 19.1 Å². The summed E-state index contributed by atoms with van der Waals surface area (Å²) in [7, 11) is 3.86. The third-order valence-electron chi connectivity index (χ3n) is 3.37. The molecular formula is C18H19Cl2N3O3. The molecule has 2 aromatic carbocycles. The van der Waals surface area contributed by atoms with Gasteiger partial charge in [-0.3, -0.25) is 9.59 Å². The molecule has 0 radical (unpaired) electrons. The van der Waals surface area contributed by atoms with Crippen molar-refractivity contribution < 1.29 is 14.3 Å². The lowest BCUT2D eigenvalue weighted by Crippen LogP contribution is -2.35. The summed E-state index contributed by atoms with van der Waals surface area (Å²) in [6.45, 7) is -0.439. The quantitative estimate of drug-likeness (QED) is 0.754. The highest BCUT2D eigenvalue weighted by molar-refractivity contribution is 6.34. The maximum Gasteiger partial charge on any atom is 0.258 e. The van der Waals surface area contributed by atoms with E-state index in [0.29, 0.717) is 21.5 Å². The zero-order chi connectivity index (χ0) is 19.1. The van der Waals surface area contributed by atoms with Crippen LogP contribution in [0, 0.1) is 0 Å². The van der Waals surface area contributed by atoms with Crippen molar-refractivity contribution in [3.05, 3.63) is 52.5 Å². The molecule has 2 N–H and O–H groups in total. The molecule has 0 bridgehead atoms. The number of ether oxygens (including phenoxy) is 1. The second-order valence-electron chi connectivity index (χ2n) is 5.63. The summed E-state index contributed by atoms with van der Waals surface area (Å²) < 4.78 is 5.30. The minimum atomic E-state index is -0.445. The number of carbonyl (C=O) groups excluding carboxylic acids is 2. The molecule has 0 aliphatic carbocycles. The Labute approximate surface area is 162 Å². The van der Waals surface area contributed by atoms with Gasteiger partial charge in [-0.1, -0.05) is 23.2 Å². The number of amides is 2. The van der Waals surface area contributed by atoms with E-state index in [2.05, 4.69) is 10.6 Å². The highest BCUT2D eigenvalue weighted by atomic mass is 35.5. The Morgan fingerprint density at radius 3 is 2.38 bits per heavy atom. The fraction of sp³-hybridized carbons (Fsp3) is 0.222. The highest BCUT2D eigenvalue weighted by Gasteiger charge is 2.09. The number of nitrogens with one attached hydrogen (secondary N) is 2. The summed E-state index contributed by atoms with van der Waals surface area (Å²) >= 11 is 11.8. The number of hydrogen-bond acceptors (Lipinski definition) is 4. The predicted octanol–water partition coefficient (Wildman–Crippen LogP) is 3.19. The summed E-state index contributed by atoms with van der Waals surface area (Å²) in [5, 5.41) is 5.98. The highest BCUT2D eigenvalue weighted by Crippen LogP contribution is 2.27. The van der Waals surface area contributed by atoms with Gasteiger partial charge in [0.1, 0.15) is 5.75 Å². The molecule has 0 aliphatic rings. The molecule has 0 saturated heterocycles. The van der Waals surface area contributed by atoms with Crippen LogP contribution in [0.1, 0.15) is 0 Å². The van der Waals surface area contributed by atoms with E-state index < -0.39 is 5.91 Å². The van der Waals surface area contributed by atoms with E-state index in [4.69, 9.17) is 27.9 Å². The summed E-state index contributed by atoms with van der Waals surface area (Å²) in [6, 6.07) is 12.1. The summed E-state index contributed by atoms with van der Waals surface area (Å²) in [5.74, 6) is -0.476. The first-order valence-corrected chi connectivity index (χ1v) is 8.52. The minimum absolute atomic E-state index is 0.166. The molecule has 26 heavy (non-hydrogen) atoms. The normalized spacial score (nSPS) is 10.2. The summed E-state index contributed by atoms with van der Waals surface area (Å²) in [6.07, 6.45) is 0. The van der Waals surface area contributed by atoms with E-state index in [1.807, 2.05) is 31.1 Å². The van der Waals surface area contributed by atoms with Crippen molar-refractivity contribution in [1.29, 1.82) is 0 Å². The van der Waals surface area contributed by atoms with Gasteiger partial charge < -0.3 is 20.3 Å². The van der Waals surface area contributed by atoms with Gasteiger partial charge in [0.25, 0.3) is 5.91 Å². The van der Waals surface area contributed by atoms with Gasteiger partial charge in [0.05, 0.1) is 11.6 Å². The standard InChI is InChI=1S/C18H19Cl2N3O3/c1-23(2)14-6-4-13(5-7-14)22-17(24)10-21-18(25)11-26-16-9-12(19)3-8-15(16)20/h3-9H,10-11H2,1-2H3,(H,21,25)(H,22,24). The van der Waals surface area contributed by atoms with Crippen LogP contribution in [0.4, 0.5) is 11.4 Å². The maximum absolute atomic E-state index is 11.9. The SMILES string of the molecule is CN(C)c1ccc(NC(=O)CNC(=O)COc2cc(Cl)ccc2Cl)cc1. The van der Waals surface area contributed by atoms with E-state index in [9.17, 15) is 9.59 Å². The lowest BCUT2D eigenvalue weighted by Gasteiger charge is -2.13. The van der Waals surface area contributed by atoms with Crippen LogP contribution in [0.2, 0.25) is 10.0 Å². The molecule has 2 amide bonds. The molecule has 0 atom stereocenters. The first kappa shape index (κ1) is 19.9. The smallest absolute Gasteiger partial charge is 0.258 e. The average Bonchev–Trinajstić information content (AvgIpc) is 2.61. The van der Waals surface area contributed by atoms with Gasteiger partial charge in [-0.25, -0.2) is 0 Å². The first-order chi connectivity index (χ1) is 12.3. The Morgan fingerprint density at radius 1 is 1.04 bits per heavy atom. The molecule has 0 unspecified atom stereocenters. The van der Waals surface area contributed by atoms with Crippen LogP contribution < -0.4 is 20.3 Å². The fourth-order valence-corrected chi connectivity index (χ4v) is 2.34. The van der Waals surface area contributed by atoms with Crippen molar-refractivity contribution >= 4 is 46.4 Å². The minimum Gasteiger partial charge on any atom is -0.482 e. The van der Waals surface area contributed by atoms with Crippen molar-refractivity contribution in [2.24, 2.45) is 0 Å². The third kappa shape index (κ3) is 6.13. The summed E-state index contributed by atoms with van der Waals surface area (Å²) in [4.78, 5) is 25.6. The van der Waals surface area contributed by atoms with E-state index in [1.165, 1.54) is 6.07 Å². The lowest BCUT2D eigenvalue weighted by molar-refractivity contribution is -0.125. The molecule has 0 fully saturated rings. The number of nitrogens with zero attached hydrogens (tertiary/aromatic N) is 1. The number of rotatable bonds is 7. The van der Waals surface area contributed by atoms with Gasteiger partial charge in [-0.15, -0.1) is 0 Å². The van der Waals surface area contributed by atoms with Crippen LogP contribution in [-0.2, 0) is 9.59 Å². The zero-order valence-electron chi connectivity index (χ0n) is 14.4. The lowest BCUT2D eigenvalue weighted by atomic mass is 10.2. The van der Waals surface area contributed by atoms with Gasteiger partial charge >= 0.3 is 0 Å². The second kappa shape index (κ2) is 9.31. The Balaban J connectivity index is 1.76. The average molecular weight is 396 g/mol. The molecular weight excluding hydrogens is 377 g/mol. The molecule has 0 saturated carbocycles. The number of carbonyl (C=O) groups is 2. The fourth-order valence-electron chi connectivity index (χ4n) is 2.01. The number of halogens is 2.